The van der Waals surface area contributed by atoms with Crippen molar-refractivity contribution in [2.24, 2.45) is 5.10 Å². The van der Waals surface area contributed by atoms with Crippen LogP contribution in [-0.4, -0.2) is 30.3 Å². The van der Waals surface area contributed by atoms with Crippen LogP contribution in [0.3, 0.4) is 0 Å². The van der Waals surface area contributed by atoms with E-state index in [1.54, 1.807) is 20.4 Å². The molecule has 1 aromatic heterocycles. The van der Waals surface area contributed by atoms with Crippen LogP contribution in [-0.2, 0) is 0 Å². The van der Waals surface area contributed by atoms with Crippen molar-refractivity contribution < 1.29 is 14.4 Å². The molecule has 1 aromatic carbocycles. The van der Waals surface area contributed by atoms with Gasteiger partial charge in [0.05, 0.1) is 25.4 Å². The predicted octanol–water partition coefficient (Wildman–Crippen LogP) is 3.06. The average molecular weight is 428 g/mol. The number of pyridine rings is 1. The van der Waals surface area contributed by atoms with Gasteiger partial charge in [-0.25, -0.2) is 4.98 Å². The number of nitrogens with zero attached hydrogens (tertiary/aromatic N) is 3. The Kier molecular flexibility index (Phi) is 5.68. The van der Waals surface area contributed by atoms with Gasteiger partial charge in [0, 0.05) is 15.2 Å². The van der Waals surface area contributed by atoms with Gasteiger partial charge in [0.1, 0.15) is 12.0 Å². The third-order valence-corrected chi connectivity index (χ3v) is 3.44. The number of hydrogen-bond donors (Lipinski definition) is 1. The maximum atomic E-state index is 10.6. The summed E-state index contributed by atoms with van der Waals surface area (Å²) in [5.74, 6) is 1.56. The van der Waals surface area contributed by atoms with Crippen LogP contribution in [0.15, 0.2) is 35.6 Å². The van der Waals surface area contributed by atoms with Crippen LogP contribution in [0, 0.1) is 13.7 Å². The van der Waals surface area contributed by atoms with Gasteiger partial charge >= 0.3 is 0 Å². The predicted molar refractivity (Wildman–Crippen MR) is 94.4 cm³/mol. The van der Waals surface area contributed by atoms with Crippen molar-refractivity contribution in [2.45, 2.75) is 0 Å². The van der Waals surface area contributed by atoms with Gasteiger partial charge in [0.2, 0.25) is 0 Å². The van der Waals surface area contributed by atoms with E-state index in [2.05, 4.69) is 38.1 Å². The first-order valence-corrected chi connectivity index (χ1v) is 7.44. The molecule has 2 aromatic rings. The van der Waals surface area contributed by atoms with Crippen LogP contribution >= 0.6 is 22.6 Å². The fourth-order valence-electron chi connectivity index (χ4n) is 1.78. The Morgan fingerprint density at radius 3 is 2.70 bits per heavy atom. The lowest BCUT2D eigenvalue weighted by Crippen LogP contribution is -1.99. The van der Waals surface area contributed by atoms with Crippen molar-refractivity contribution in [3.8, 4) is 11.5 Å². The number of halogens is 1. The first-order valence-electron chi connectivity index (χ1n) is 6.36. The molecule has 120 valence electrons. The molecule has 23 heavy (non-hydrogen) atoms. The number of hydrogen-bond acceptors (Lipinski definition) is 7. The number of aromatic nitrogens is 1. The summed E-state index contributed by atoms with van der Waals surface area (Å²) in [6.45, 7) is 0. The number of anilines is 1. The lowest BCUT2D eigenvalue weighted by molar-refractivity contribution is -0.385. The summed E-state index contributed by atoms with van der Waals surface area (Å²) in [7, 11) is 3.11. The number of ether oxygens (including phenoxy) is 2. The first kappa shape index (κ1) is 16.9. The zero-order valence-corrected chi connectivity index (χ0v) is 14.5. The quantitative estimate of drug-likeness (QED) is 0.329. The van der Waals surface area contributed by atoms with E-state index in [1.165, 1.54) is 12.1 Å². The van der Waals surface area contributed by atoms with Gasteiger partial charge < -0.3 is 9.47 Å². The molecule has 1 N–H and O–H groups in total. The van der Waals surface area contributed by atoms with Crippen molar-refractivity contribution in [1.29, 1.82) is 0 Å². The third kappa shape index (κ3) is 4.28. The monoisotopic (exact) mass is 428 g/mol. The molecule has 2 rings (SSSR count). The highest BCUT2D eigenvalue weighted by molar-refractivity contribution is 14.1. The minimum atomic E-state index is -0.511. The second-order valence-corrected chi connectivity index (χ2v) is 5.50. The van der Waals surface area contributed by atoms with Gasteiger partial charge in [-0.05, 0) is 40.8 Å². The molecule has 0 aliphatic heterocycles. The Morgan fingerprint density at radius 1 is 1.35 bits per heavy atom. The van der Waals surface area contributed by atoms with Crippen molar-refractivity contribution in [3.63, 3.8) is 0 Å². The van der Waals surface area contributed by atoms with Crippen molar-refractivity contribution in [2.75, 3.05) is 19.6 Å². The van der Waals surface area contributed by atoms with E-state index in [0.29, 0.717) is 17.3 Å². The molecule has 0 atom stereocenters. The van der Waals surface area contributed by atoms with Crippen LogP contribution in [0.5, 0.6) is 11.5 Å². The van der Waals surface area contributed by atoms with Crippen LogP contribution in [0.4, 0.5) is 11.5 Å². The highest BCUT2D eigenvalue weighted by Crippen LogP contribution is 2.32. The minimum absolute atomic E-state index is 0.0800. The maximum Gasteiger partial charge on any atom is 0.287 e. The molecule has 1 heterocycles. The van der Waals surface area contributed by atoms with Crippen molar-refractivity contribution >= 4 is 40.3 Å². The third-order valence-electron chi connectivity index (χ3n) is 2.81. The smallest absolute Gasteiger partial charge is 0.287 e. The fraction of sp³-hybridized carbons (Fsp3) is 0.143. The SMILES string of the molecule is COc1cc(I)cc(/C=N/Nc2ccc([N+](=O)[O-])cn2)c1OC. The molecule has 0 saturated heterocycles. The Bertz CT molecular complexity index is 734. The summed E-state index contributed by atoms with van der Waals surface area (Å²) < 4.78 is 11.6. The topological polar surface area (TPSA) is 98.9 Å². The second-order valence-electron chi connectivity index (χ2n) is 4.26. The molecule has 0 amide bonds. The number of rotatable bonds is 6. The number of hydrazone groups is 1. The van der Waals surface area contributed by atoms with Gasteiger partial charge in [-0.3, -0.25) is 15.5 Å². The van der Waals surface area contributed by atoms with Gasteiger partial charge in [-0.2, -0.15) is 5.10 Å². The number of nitro groups is 1. The summed E-state index contributed by atoms with van der Waals surface area (Å²) in [6, 6.07) is 6.56. The van der Waals surface area contributed by atoms with E-state index < -0.39 is 4.92 Å². The molecule has 0 radical (unpaired) electrons. The van der Waals surface area contributed by atoms with Gasteiger partial charge in [0.25, 0.3) is 5.69 Å². The van der Waals surface area contributed by atoms with Crippen molar-refractivity contribution in [1.82, 2.24) is 4.98 Å². The minimum Gasteiger partial charge on any atom is -0.493 e. The highest BCUT2D eigenvalue weighted by atomic mass is 127. The molecule has 9 heteroatoms. The van der Waals surface area contributed by atoms with E-state index in [0.717, 1.165) is 15.3 Å². The van der Waals surface area contributed by atoms with E-state index in [4.69, 9.17) is 9.47 Å². The zero-order chi connectivity index (χ0) is 16.8. The maximum absolute atomic E-state index is 10.6. The van der Waals surface area contributed by atoms with Crippen LogP contribution in [0.2, 0.25) is 0 Å². The summed E-state index contributed by atoms with van der Waals surface area (Å²) >= 11 is 2.17. The Balaban J connectivity index is 2.17. The Morgan fingerprint density at radius 2 is 2.13 bits per heavy atom. The fourth-order valence-corrected chi connectivity index (χ4v) is 2.40. The van der Waals surface area contributed by atoms with Crippen LogP contribution in [0.25, 0.3) is 0 Å². The lowest BCUT2D eigenvalue weighted by atomic mass is 10.2. The molecule has 0 aliphatic rings. The molecule has 8 nitrogen and oxygen atoms in total. The Hall–Kier alpha value is -2.43. The summed E-state index contributed by atoms with van der Waals surface area (Å²) in [6.07, 6.45) is 2.72. The van der Waals surface area contributed by atoms with Crippen LogP contribution < -0.4 is 14.9 Å². The van der Waals surface area contributed by atoms with E-state index in [1.807, 2.05) is 12.1 Å². The molecule has 0 spiro atoms. The normalized spacial score (nSPS) is 10.6. The number of benzene rings is 1. The zero-order valence-electron chi connectivity index (χ0n) is 12.3. The van der Waals surface area contributed by atoms with Gasteiger partial charge in [-0.15, -0.1) is 0 Å². The number of nitrogens with one attached hydrogen (secondary N) is 1. The second kappa shape index (κ2) is 7.72. The first-order chi connectivity index (χ1) is 11.0. The van der Waals surface area contributed by atoms with E-state index in [-0.39, 0.29) is 5.69 Å². The van der Waals surface area contributed by atoms with Gasteiger partial charge in [-0.1, -0.05) is 0 Å². The molecule has 0 saturated carbocycles. The molecule has 0 fully saturated rings. The highest BCUT2D eigenvalue weighted by Gasteiger charge is 2.10. The lowest BCUT2D eigenvalue weighted by Gasteiger charge is -2.10. The van der Waals surface area contributed by atoms with Gasteiger partial charge in [0.15, 0.2) is 11.5 Å². The molecular weight excluding hydrogens is 415 g/mol. The molecule has 0 bridgehead atoms. The standard InChI is InChI=1S/C14H13IN4O4/c1-22-12-6-10(15)5-9(14(12)23-2)7-17-18-13-4-3-11(8-16-13)19(20)21/h3-8H,1-2H3,(H,16,18)/b17-7+. The van der Waals surface area contributed by atoms with E-state index in [9.17, 15) is 10.1 Å². The summed E-state index contributed by atoms with van der Waals surface area (Å²) in [4.78, 5) is 14.0. The summed E-state index contributed by atoms with van der Waals surface area (Å²) in [5.41, 5.74) is 3.35. The Labute approximate surface area is 145 Å². The van der Waals surface area contributed by atoms with Crippen LogP contribution in [0.1, 0.15) is 5.56 Å². The summed E-state index contributed by atoms with van der Waals surface area (Å²) in [5, 5.41) is 14.6. The molecule has 0 aliphatic carbocycles. The molecule has 0 unspecified atom stereocenters. The average Bonchev–Trinajstić information content (AvgIpc) is 2.54. The van der Waals surface area contributed by atoms with E-state index >= 15 is 0 Å². The molecular formula is C14H13IN4O4. The van der Waals surface area contributed by atoms with Crippen molar-refractivity contribution in [3.05, 3.63) is 49.7 Å². The number of methoxy groups -OCH3 is 2. The largest absolute Gasteiger partial charge is 0.493 e.